The van der Waals surface area contributed by atoms with E-state index >= 15 is 0 Å². The number of unbranched alkanes of at least 4 members (excludes halogenated alkanes) is 16. The average molecular weight is 670 g/mol. The molecule has 0 saturated carbocycles. The van der Waals surface area contributed by atoms with E-state index in [4.69, 9.17) is 27.5 Å². The second-order valence-electron chi connectivity index (χ2n) is 12.1. The van der Waals surface area contributed by atoms with Gasteiger partial charge in [0.1, 0.15) is 6.10 Å². The fourth-order valence-electron chi connectivity index (χ4n) is 5.64. The summed E-state index contributed by atoms with van der Waals surface area (Å²) in [4.78, 5) is 23.9. The molecule has 0 aliphatic rings. The molecule has 266 valence electrons. The summed E-state index contributed by atoms with van der Waals surface area (Å²) in [6.45, 7) is 4.38. The summed E-state index contributed by atoms with van der Waals surface area (Å²) >= 11 is 0. The number of benzene rings is 1. The Labute approximate surface area is 279 Å². The van der Waals surface area contributed by atoms with Gasteiger partial charge in [0.25, 0.3) is 5.69 Å². The van der Waals surface area contributed by atoms with Crippen LogP contribution in [0, 0.1) is 10.1 Å². The van der Waals surface area contributed by atoms with E-state index in [2.05, 4.69) is 6.92 Å². The number of rotatable bonds is 30. The summed E-state index contributed by atoms with van der Waals surface area (Å²) in [7, 11) is 3.41. The van der Waals surface area contributed by atoms with Gasteiger partial charge in [-0.1, -0.05) is 103 Å². The van der Waals surface area contributed by atoms with Crippen LogP contribution in [-0.4, -0.2) is 54.7 Å². The maximum atomic E-state index is 12.6. The van der Waals surface area contributed by atoms with Crippen molar-refractivity contribution in [3.05, 3.63) is 27.8 Å². The third-order valence-corrected chi connectivity index (χ3v) is 11.4. The van der Waals surface area contributed by atoms with E-state index in [9.17, 15) is 14.9 Å². The fourth-order valence-corrected chi connectivity index (χ4v) is 7.44. The zero-order valence-electron chi connectivity index (χ0n) is 29.7. The zero-order valence-corrected chi connectivity index (χ0v) is 30.7. The van der Waals surface area contributed by atoms with Crippen LogP contribution in [0.2, 0.25) is 6.04 Å². The minimum Gasteiger partial charge on any atom is -0.493 e. The molecule has 1 atom stereocenters. The maximum absolute atomic E-state index is 12.6. The first-order valence-corrected chi connectivity index (χ1v) is 19.5. The van der Waals surface area contributed by atoms with Gasteiger partial charge in [0.2, 0.25) is 0 Å². The number of ether oxygens (including phenoxy) is 3. The number of methoxy groups -OCH3 is 1. The molecular formula is C35H63NO9Si. The molecule has 0 N–H and O–H groups in total. The zero-order chi connectivity index (χ0) is 34.0. The van der Waals surface area contributed by atoms with Gasteiger partial charge < -0.3 is 27.5 Å². The van der Waals surface area contributed by atoms with Crippen molar-refractivity contribution in [1.82, 2.24) is 0 Å². The lowest BCUT2D eigenvalue weighted by atomic mass is 10.0. The SMILES string of the molecule is CCCCCCCCCCCCCCCCCCOc1cc(C(C)OC(=O)CCCC[Si](OC)(OC)OC)c([N+](=O)[O-])cc1OC. The minimum atomic E-state index is -2.70. The van der Waals surface area contributed by atoms with E-state index in [0.29, 0.717) is 31.2 Å². The highest BCUT2D eigenvalue weighted by atomic mass is 28.4. The van der Waals surface area contributed by atoms with Crippen LogP contribution in [0.4, 0.5) is 5.69 Å². The van der Waals surface area contributed by atoms with Crippen LogP contribution in [0.5, 0.6) is 11.5 Å². The second-order valence-corrected chi connectivity index (χ2v) is 15.2. The molecule has 0 fully saturated rings. The summed E-state index contributed by atoms with van der Waals surface area (Å²) in [5.41, 5.74) is 0.0914. The normalized spacial score (nSPS) is 12.2. The number of hydrogen-bond donors (Lipinski definition) is 0. The molecule has 0 amide bonds. The lowest BCUT2D eigenvalue weighted by Crippen LogP contribution is -2.42. The van der Waals surface area contributed by atoms with Gasteiger partial charge in [-0.25, -0.2) is 0 Å². The van der Waals surface area contributed by atoms with Gasteiger partial charge in [-0.3, -0.25) is 14.9 Å². The number of nitro benzene ring substituents is 1. The van der Waals surface area contributed by atoms with Crippen molar-refractivity contribution in [2.75, 3.05) is 35.0 Å². The van der Waals surface area contributed by atoms with Gasteiger partial charge in [-0.2, -0.15) is 0 Å². The molecular weight excluding hydrogens is 606 g/mol. The number of nitrogens with zero attached hydrogens (tertiary/aromatic N) is 1. The Bertz CT molecular complexity index is 950. The van der Waals surface area contributed by atoms with E-state index in [-0.39, 0.29) is 23.4 Å². The predicted molar refractivity (Wildman–Crippen MR) is 185 cm³/mol. The smallest absolute Gasteiger partial charge is 0.493 e. The van der Waals surface area contributed by atoms with E-state index in [0.717, 1.165) is 12.8 Å². The first-order chi connectivity index (χ1) is 22.3. The minimum absolute atomic E-state index is 0.165. The van der Waals surface area contributed by atoms with Gasteiger partial charge in [0, 0.05) is 33.8 Å². The molecule has 0 aliphatic heterocycles. The number of esters is 1. The summed E-state index contributed by atoms with van der Waals surface area (Å²) in [5.74, 6) is 0.257. The van der Waals surface area contributed by atoms with Crippen molar-refractivity contribution in [1.29, 1.82) is 0 Å². The van der Waals surface area contributed by atoms with Crippen molar-refractivity contribution < 1.29 is 37.2 Å². The van der Waals surface area contributed by atoms with E-state index in [1.807, 2.05) is 0 Å². The molecule has 46 heavy (non-hydrogen) atoms. The lowest BCUT2D eigenvalue weighted by Gasteiger charge is -2.24. The summed E-state index contributed by atoms with van der Waals surface area (Å²) in [6.07, 6.45) is 21.3. The van der Waals surface area contributed by atoms with Crippen molar-refractivity contribution >= 4 is 20.5 Å². The number of carbonyl (C=O) groups is 1. The van der Waals surface area contributed by atoms with Gasteiger partial charge in [-0.15, -0.1) is 0 Å². The molecule has 0 aromatic heterocycles. The van der Waals surface area contributed by atoms with Crippen LogP contribution in [0.25, 0.3) is 0 Å². The Morgan fingerprint density at radius 1 is 0.739 bits per heavy atom. The van der Waals surface area contributed by atoms with Gasteiger partial charge in [0.15, 0.2) is 11.5 Å². The molecule has 1 aromatic rings. The molecule has 1 rings (SSSR count). The van der Waals surface area contributed by atoms with Crippen LogP contribution in [0.3, 0.4) is 0 Å². The van der Waals surface area contributed by atoms with Gasteiger partial charge in [-0.05, 0) is 32.3 Å². The van der Waals surface area contributed by atoms with Crippen LogP contribution in [0.15, 0.2) is 12.1 Å². The summed E-state index contributed by atoms with van der Waals surface area (Å²) < 4.78 is 33.2. The Balaban J connectivity index is 2.42. The molecule has 0 heterocycles. The number of carbonyl (C=O) groups excluding carboxylic acids is 1. The monoisotopic (exact) mass is 669 g/mol. The largest absolute Gasteiger partial charge is 0.500 e. The third-order valence-electron chi connectivity index (χ3n) is 8.56. The predicted octanol–water partition coefficient (Wildman–Crippen LogP) is 9.90. The summed E-state index contributed by atoms with van der Waals surface area (Å²) in [6, 6.07) is 3.48. The quantitative estimate of drug-likeness (QED) is 0.0259. The summed E-state index contributed by atoms with van der Waals surface area (Å²) in [5, 5.41) is 11.8. The maximum Gasteiger partial charge on any atom is 0.500 e. The van der Waals surface area contributed by atoms with E-state index in [1.165, 1.54) is 103 Å². The Morgan fingerprint density at radius 3 is 1.70 bits per heavy atom. The molecule has 0 radical (unpaired) electrons. The van der Waals surface area contributed by atoms with Crippen molar-refractivity contribution in [3.63, 3.8) is 0 Å². The van der Waals surface area contributed by atoms with Crippen LogP contribution < -0.4 is 9.47 Å². The first-order valence-electron chi connectivity index (χ1n) is 17.6. The molecule has 11 heteroatoms. The standard InChI is InChI=1S/C35H63NO9Si/c1-7-8-9-10-11-12-13-14-15-16-17-18-19-20-21-23-26-44-34-28-31(32(36(38)39)29-33(34)40-3)30(2)45-35(37)25-22-24-27-46(41-4,42-5)43-6/h28-30H,7-27H2,1-6H3. The highest BCUT2D eigenvalue weighted by Gasteiger charge is 2.37. The molecule has 1 unspecified atom stereocenters. The number of hydrogen-bond acceptors (Lipinski definition) is 9. The van der Waals surface area contributed by atoms with Crippen molar-refractivity contribution in [2.24, 2.45) is 0 Å². The van der Waals surface area contributed by atoms with Crippen LogP contribution >= 0.6 is 0 Å². The van der Waals surface area contributed by atoms with Crippen molar-refractivity contribution in [2.45, 2.75) is 148 Å². The molecule has 0 bridgehead atoms. The Morgan fingerprint density at radius 2 is 1.24 bits per heavy atom. The molecule has 0 spiro atoms. The average Bonchev–Trinajstić information content (AvgIpc) is 3.06. The lowest BCUT2D eigenvalue weighted by molar-refractivity contribution is -0.386. The van der Waals surface area contributed by atoms with Crippen LogP contribution in [0.1, 0.15) is 148 Å². The van der Waals surface area contributed by atoms with E-state index in [1.54, 1.807) is 34.3 Å². The molecule has 0 aliphatic carbocycles. The second kappa shape index (κ2) is 25.8. The fraction of sp³-hybridized carbons (Fsp3) is 0.800. The molecule has 10 nitrogen and oxygen atoms in total. The Kier molecular flexibility index (Phi) is 23.5. The van der Waals surface area contributed by atoms with E-state index < -0.39 is 25.8 Å². The third kappa shape index (κ3) is 17.1. The highest BCUT2D eigenvalue weighted by molar-refractivity contribution is 6.60. The topological polar surface area (TPSA) is 116 Å². The highest BCUT2D eigenvalue weighted by Crippen LogP contribution is 2.38. The Hall–Kier alpha value is -2.21. The first kappa shape index (κ1) is 41.8. The number of nitro groups is 1. The van der Waals surface area contributed by atoms with Crippen LogP contribution in [-0.2, 0) is 22.8 Å². The van der Waals surface area contributed by atoms with Gasteiger partial charge in [0.05, 0.1) is 30.3 Å². The van der Waals surface area contributed by atoms with Crippen molar-refractivity contribution in [3.8, 4) is 11.5 Å². The van der Waals surface area contributed by atoms with Gasteiger partial charge >= 0.3 is 14.8 Å². The molecule has 1 aromatic carbocycles. The molecule has 0 saturated heterocycles.